The van der Waals surface area contributed by atoms with Gasteiger partial charge < -0.3 is 10.2 Å². The number of fused-ring (bicyclic) bond motifs is 4. The Labute approximate surface area is 172 Å². The van der Waals surface area contributed by atoms with Gasteiger partial charge in [0, 0.05) is 32.1 Å². The third-order valence-electron chi connectivity index (χ3n) is 6.65. The first-order valence-corrected chi connectivity index (χ1v) is 12.2. The van der Waals surface area contributed by atoms with Crippen LogP contribution in [0.2, 0.25) is 0 Å². The van der Waals surface area contributed by atoms with Crippen molar-refractivity contribution < 1.29 is 18.0 Å². The molecule has 0 spiro atoms. The lowest BCUT2D eigenvalue weighted by Crippen LogP contribution is -2.67. The van der Waals surface area contributed by atoms with Gasteiger partial charge in [-0.25, -0.2) is 12.7 Å². The van der Waals surface area contributed by atoms with Gasteiger partial charge in [0.05, 0.1) is 18.7 Å². The molecule has 0 saturated carbocycles. The van der Waals surface area contributed by atoms with Crippen LogP contribution < -0.4 is 5.32 Å². The molecule has 3 aliphatic rings. The van der Waals surface area contributed by atoms with Gasteiger partial charge in [0.15, 0.2) is 0 Å². The number of hydrogen-bond donors (Lipinski definition) is 1. The minimum atomic E-state index is -3.27. The molecule has 1 aromatic carbocycles. The summed E-state index contributed by atoms with van der Waals surface area (Å²) in [4.78, 5) is 27.2. The SMILES string of the molecule is CS(=O)(=O)N1C[C@H]2C[C@@H](C1)[C@H](CNC(=O)Cc1ccccc1)N1C(=O)CCC[C@@H]21. The summed E-state index contributed by atoms with van der Waals surface area (Å²) in [5.41, 5.74) is 0.946. The van der Waals surface area contributed by atoms with E-state index in [0.29, 0.717) is 32.5 Å². The molecule has 3 aliphatic heterocycles. The molecule has 29 heavy (non-hydrogen) atoms. The van der Waals surface area contributed by atoms with Crippen molar-refractivity contribution in [2.24, 2.45) is 11.8 Å². The molecular weight excluding hydrogens is 390 g/mol. The van der Waals surface area contributed by atoms with Crippen molar-refractivity contribution in [3.8, 4) is 0 Å². The Bertz CT molecular complexity index is 873. The van der Waals surface area contributed by atoms with E-state index in [1.165, 1.54) is 6.26 Å². The van der Waals surface area contributed by atoms with Crippen LogP contribution in [0, 0.1) is 11.8 Å². The molecule has 7 nitrogen and oxygen atoms in total. The fourth-order valence-electron chi connectivity index (χ4n) is 5.33. The Morgan fingerprint density at radius 2 is 1.90 bits per heavy atom. The molecule has 1 N–H and O–H groups in total. The highest BCUT2D eigenvalue weighted by Crippen LogP contribution is 2.41. The Balaban J connectivity index is 1.50. The first kappa shape index (κ1) is 20.3. The highest BCUT2D eigenvalue weighted by molar-refractivity contribution is 7.88. The molecule has 0 radical (unpaired) electrons. The van der Waals surface area contributed by atoms with Gasteiger partial charge in [-0.15, -0.1) is 0 Å². The lowest BCUT2D eigenvalue weighted by molar-refractivity contribution is -0.151. The van der Waals surface area contributed by atoms with Crippen LogP contribution in [0.5, 0.6) is 0 Å². The Kier molecular flexibility index (Phi) is 5.66. The number of carbonyl (C=O) groups is 2. The molecule has 1 aromatic rings. The maximum Gasteiger partial charge on any atom is 0.224 e. The molecule has 2 amide bonds. The zero-order chi connectivity index (χ0) is 20.6. The van der Waals surface area contributed by atoms with Crippen molar-refractivity contribution in [3.05, 3.63) is 35.9 Å². The molecule has 3 fully saturated rings. The van der Waals surface area contributed by atoms with Crippen molar-refractivity contribution in [2.45, 2.75) is 44.2 Å². The van der Waals surface area contributed by atoms with Gasteiger partial charge in [-0.1, -0.05) is 30.3 Å². The molecular formula is C21H29N3O4S. The summed E-state index contributed by atoms with van der Waals surface area (Å²) in [6.45, 7) is 1.30. The van der Waals surface area contributed by atoms with E-state index < -0.39 is 10.0 Å². The second kappa shape index (κ2) is 8.07. The minimum Gasteiger partial charge on any atom is -0.354 e. The summed E-state index contributed by atoms with van der Waals surface area (Å²) < 4.78 is 26.0. The maximum absolute atomic E-state index is 12.8. The second-order valence-corrected chi connectivity index (χ2v) is 10.6. The van der Waals surface area contributed by atoms with Crippen molar-refractivity contribution in [2.75, 3.05) is 25.9 Å². The quantitative estimate of drug-likeness (QED) is 0.772. The Morgan fingerprint density at radius 3 is 2.62 bits per heavy atom. The summed E-state index contributed by atoms with van der Waals surface area (Å²) in [5.74, 6) is 0.309. The molecule has 3 heterocycles. The van der Waals surface area contributed by atoms with E-state index in [4.69, 9.17) is 0 Å². The second-order valence-electron chi connectivity index (χ2n) is 8.63. The van der Waals surface area contributed by atoms with Crippen LogP contribution in [0.3, 0.4) is 0 Å². The number of nitrogens with zero attached hydrogens (tertiary/aromatic N) is 2. The predicted octanol–water partition coefficient (Wildman–Crippen LogP) is 1.01. The van der Waals surface area contributed by atoms with E-state index >= 15 is 0 Å². The smallest absolute Gasteiger partial charge is 0.224 e. The molecule has 158 valence electrons. The van der Waals surface area contributed by atoms with Gasteiger partial charge in [-0.05, 0) is 36.7 Å². The van der Waals surface area contributed by atoms with E-state index in [1.54, 1.807) is 4.31 Å². The van der Waals surface area contributed by atoms with E-state index in [1.807, 2.05) is 35.2 Å². The fourth-order valence-corrected chi connectivity index (χ4v) is 6.25. The van der Waals surface area contributed by atoms with Crippen molar-refractivity contribution in [1.29, 1.82) is 0 Å². The van der Waals surface area contributed by atoms with E-state index in [2.05, 4.69) is 5.32 Å². The zero-order valence-corrected chi connectivity index (χ0v) is 17.6. The Hall–Kier alpha value is -1.93. The number of nitrogens with one attached hydrogen (secondary N) is 1. The van der Waals surface area contributed by atoms with Crippen molar-refractivity contribution >= 4 is 21.8 Å². The molecule has 0 aliphatic carbocycles. The third kappa shape index (κ3) is 4.33. The standard InChI is InChI=1S/C21H29N3O4S/c1-29(27,28)23-13-16-11-17(14-23)19(24-18(16)8-5-9-21(24)26)12-22-20(25)10-15-6-3-2-4-7-15/h2-4,6-7,16-19H,5,8-14H2,1H3,(H,22,25)/t16-,17+,18+,19+/m1/s1. The number of amides is 2. The van der Waals surface area contributed by atoms with Gasteiger partial charge in [0.25, 0.3) is 0 Å². The molecule has 8 heteroatoms. The van der Waals surface area contributed by atoms with Crippen LogP contribution in [0.15, 0.2) is 30.3 Å². The third-order valence-corrected chi connectivity index (χ3v) is 7.88. The summed E-state index contributed by atoms with van der Waals surface area (Å²) >= 11 is 0. The summed E-state index contributed by atoms with van der Waals surface area (Å²) in [5, 5.41) is 3.01. The number of carbonyl (C=O) groups excluding carboxylic acids is 2. The average molecular weight is 420 g/mol. The van der Waals surface area contributed by atoms with Gasteiger partial charge in [-0.2, -0.15) is 0 Å². The van der Waals surface area contributed by atoms with Crippen LogP contribution in [-0.2, 0) is 26.0 Å². The van der Waals surface area contributed by atoms with Gasteiger partial charge in [0.1, 0.15) is 0 Å². The molecule has 3 saturated heterocycles. The molecule has 0 unspecified atom stereocenters. The molecule has 4 rings (SSSR count). The van der Waals surface area contributed by atoms with Crippen LogP contribution in [0.1, 0.15) is 31.2 Å². The number of piperidine rings is 3. The number of sulfonamides is 1. The maximum atomic E-state index is 12.8. The highest BCUT2D eigenvalue weighted by atomic mass is 32.2. The van der Waals surface area contributed by atoms with Crippen LogP contribution in [-0.4, -0.2) is 67.4 Å². The fraction of sp³-hybridized carbons (Fsp3) is 0.619. The van der Waals surface area contributed by atoms with Gasteiger partial charge in [0.2, 0.25) is 21.8 Å². The van der Waals surface area contributed by atoms with Crippen LogP contribution in [0.4, 0.5) is 0 Å². The topological polar surface area (TPSA) is 86.8 Å². The number of rotatable bonds is 5. The van der Waals surface area contributed by atoms with E-state index in [9.17, 15) is 18.0 Å². The largest absolute Gasteiger partial charge is 0.354 e. The van der Waals surface area contributed by atoms with Gasteiger partial charge in [-0.3, -0.25) is 9.59 Å². The Morgan fingerprint density at radius 1 is 1.17 bits per heavy atom. The zero-order valence-electron chi connectivity index (χ0n) is 16.8. The lowest BCUT2D eigenvalue weighted by atomic mass is 9.72. The van der Waals surface area contributed by atoms with Crippen LogP contribution >= 0.6 is 0 Å². The van der Waals surface area contributed by atoms with Crippen molar-refractivity contribution in [3.63, 3.8) is 0 Å². The number of benzene rings is 1. The predicted molar refractivity (Wildman–Crippen MR) is 109 cm³/mol. The summed E-state index contributed by atoms with van der Waals surface area (Å²) in [7, 11) is -3.27. The van der Waals surface area contributed by atoms with Crippen molar-refractivity contribution in [1.82, 2.24) is 14.5 Å². The first-order chi connectivity index (χ1) is 13.8. The molecule has 0 aromatic heterocycles. The average Bonchev–Trinajstić information content (AvgIpc) is 2.68. The summed E-state index contributed by atoms with van der Waals surface area (Å²) in [6.07, 6.45) is 4.78. The highest BCUT2D eigenvalue weighted by Gasteiger charge is 2.50. The number of hydrogen-bond acceptors (Lipinski definition) is 4. The molecule has 4 atom stereocenters. The lowest BCUT2D eigenvalue weighted by Gasteiger charge is -2.56. The van der Waals surface area contributed by atoms with E-state index in [-0.39, 0.29) is 35.7 Å². The minimum absolute atomic E-state index is 0.0544. The summed E-state index contributed by atoms with van der Waals surface area (Å²) in [6, 6.07) is 9.49. The van der Waals surface area contributed by atoms with Gasteiger partial charge >= 0.3 is 0 Å². The monoisotopic (exact) mass is 419 g/mol. The van der Waals surface area contributed by atoms with Crippen LogP contribution in [0.25, 0.3) is 0 Å². The van der Waals surface area contributed by atoms with E-state index in [0.717, 1.165) is 24.8 Å². The molecule has 2 bridgehead atoms. The first-order valence-electron chi connectivity index (χ1n) is 10.4. The normalized spacial score (nSPS) is 30.0.